The first-order valence-corrected chi connectivity index (χ1v) is 5.42. The first-order chi connectivity index (χ1) is 7.20. The number of hydrogen-bond acceptors (Lipinski definition) is 4. The lowest BCUT2D eigenvalue weighted by Crippen LogP contribution is -2.20. The molecule has 15 heavy (non-hydrogen) atoms. The lowest BCUT2D eigenvalue weighted by Gasteiger charge is -2.13. The molecule has 4 heteroatoms. The normalized spacial score (nSPS) is 11.2. The van der Waals surface area contributed by atoms with Crippen LogP contribution in [0.1, 0.15) is 19.8 Å². The fourth-order valence-corrected chi connectivity index (χ4v) is 1.14. The van der Waals surface area contributed by atoms with Crippen molar-refractivity contribution in [1.82, 2.24) is 4.90 Å². The number of carbonyl (C=O) groups excluding carboxylic acids is 1. The maximum Gasteiger partial charge on any atom is 0.330 e. The Kier molecular flexibility index (Phi) is 9.11. The molecular formula is C11H22N2O2. The van der Waals surface area contributed by atoms with Gasteiger partial charge < -0.3 is 15.4 Å². The van der Waals surface area contributed by atoms with E-state index in [4.69, 9.17) is 10.5 Å². The number of unbranched alkanes of at least 4 members (excludes halogenated alkanes) is 1. The van der Waals surface area contributed by atoms with Crippen LogP contribution in [0.4, 0.5) is 0 Å². The van der Waals surface area contributed by atoms with Gasteiger partial charge in [0.15, 0.2) is 0 Å². The quantitative estimate of drug-likeness (QED) is 0.368. The molecule has 0 fully saturated rings. The van der Waals surface area contributed by atoms with Crippen molar-refractivity contribution in [1.29, 1.82) is 0 Å². The minimum Gasteiger partial charge on any atom is -0.463 e. The Hall–Kier alpha value is -0.870. The van der Waals surface area contributed by atoms with E-state index in [0.29, 0.717) is 6.61 Å². The molecule has 88 valence electrons. The molecule has 0 amide bonds. The molecule has 0 bridgehead atoms. The van der Waals surface area contributed by atoms with Gasteiger partial charge in [0.05, 0.1) is 6.61 Å². The Morgan fingerprint density at radius 3 is 2.80 bits per heavy atom. The summed E-state index contributed by atoms with van der Waals surface area (Å²) in [6, 6.07) is 0. The van der Waals surface area contributed by atoms with Crippen LogP contribution in [0, 0.1) is 0 Å². The molecule has 0 aromatic rings. The summed E-state index contributed by atoms with van der Waals surface area (Å²) in [6.07, 6.45) is 5.44. The van der Waals surface area contributed by atoms with E-state index in [0.717, 1.165) is 32.5 Å². The molecule has 0 rings (SSSR count). The summed E-state index contributed by atoms with van der Waals surface area (Å²) < 4.78 is 4.76. The van der Waals surface area contributed by atoms with Crippen LogP contribution in [0.5, 0.6) is 0 Å². The van der Waals surface area contributed by atoms with Crippen LogP contribution >= 0.6 is 0 Å². The van der Waals surface area contributed by atoms with E-state index in [1.165, 1.54) is 6.08 Å². The van der Waals surface area contributed by atoms with E-state index in [-0.39, 0.29) is 5.97 Å². The third-order valence-electron chi connectivity index (χ3n) is 1.95. The number of hydrogen-bond donors (Lipinski definition) is 1. The van der Waals surface area contributed by atoms with Crippen molar-refractivity contribution in [2.24, 2.45) is 5.73 Å². The van der Waals surface area contributed by atoms with Crippen LogP contribution in [0.3, 0.4) is 0 Å². The van der Waals surface area contributed by atoms with Gasteiger partial charge in [0.25, 0.3) is 0 Å². The number of nitrogens with zero attached hydrogens (tertiary/aromatic N) is 1. The lowest BCUT2D eigenvalue weighted by atomic mass is 10.3. The second-order valence-corrected chi connectivity index (χ2v) is 3.41. The summed E-state index contributed by atoms with van der Waals surface area (Å²) >= 11 is 0. The highest BCUT2D eigenvalue weighted by molar-refractivity contribution is 5.81. The van der Waals surface area contributed by atoms with Gasteiger partial charge in [-0.15, -0.1) is 0 Å². The van der Waals surface area contributed by atoms with Crippen LogP contribution < -0.4 is 5.73 Å². The summed E-state index contributed by atoms with van der Waals surface area (Å²) in [4.78, 5) is 13.1. The zero-order chi connectivity index (χ0) is 11.5. The van der Waals surface area contributed by atoms with E-state index in [1.54, 1.807) is 6.92 Å². The molecular weight excluding hydrogens is 192 g/mol. The summed E-state index contributed by atoms with van der Waals surface area (Å²) in [5.74, 6) is -0.271. The zero-order valence-corrected chi connectivity index (χ0v) is 9.74. The van der Waals surface area contributed by atoms with Crippen molar-refractivity contribution < 1.29 is 9.53 Å². The summed E-state index contributed by atoms with van der Waals surface area (Å²) in [6.45, 7) is 4.74. The van der Waals surface area contributed by atoms with Gasteiger partial charge in [-0.25, -0.2) is 4.79 Å². The number of esters is 1. The van der Waals surface area contributed by atoms with Crippen molar-refractivity contribution in [3.8, 4) is 0 Å². The number of rotatable bonds is 8. The molecule has 0 saturated heterocycles. The minimum atomic E-state index is -0.271. The van der Waals surface area contributed by atoms with Gasteiger partial charge >= 0.3 is 5.97 Å². The predicted molar refractivity (Wildman–Crippen MR) is 61.6 cm³/mol. The molecule has 4 nitrogen and oxygen atoms in total. The highest BCUT2D eigenvalue weighted by atomic mass is 16.5. The maximum atomic E-state index is 10.9. The molecule has 0 aliphatic rings. The molecule has 0 radical (unpaired) electrons. The smallest absolute Gasteiger partial charge is 0.330 e. The summed E-state index contributed by atoms with van der Waals surface area (Å²) in [5, 5.41) is 0. The van der Waals surface area contributed by atoms with Crippen molar-refractivity contribution in [2.75, 3.05) is 33.3 Å². The Morgan fingerprint density at radius 1 is 1.47 bits per heavy atom. The average molecular weight is 214 g/mol. The first kappa shape index (κ1) is 14.1. The van der Waals surface area contributed by atoms with Gasteiger partial charge in [-0.05, 0) is 39.9 Å². The van der Waals surface area contributed by atoms with Gasteiger partial charge in [-0.1, -0.05) is 6.08 Å². The molecule has 0 aromatic heterocycles. The summed E-state index contributed by atoms with van der Waals surface area (Å²) in [7, 11) is 2.02. The van der Waals surface area contributed by atoms with Crippen LogP contribution in [0.25, 0.3) is 0 Å². The molecule has 0 unspecified atom stereocenters. The number of ether oxygens (including phenoxy) is 1. The highest BCUT2D eigenvalue weighted by Crippen LogP contribution is 1.92. The molecule has 0 aromatic carbocycles. The van der Waals surface area contributed by atoms with E-state index in [2.05, 4.69) is 4.90 Å². The molecule has 0 aliphatic carbocycles. The zero-order valence-electron chi connectivity index (χ0n) is 9.74. The SMILES string of the molecule is CCOC(=O)/C=C/CN(C)CCCCN. The lowest BCUT2D eigenvalue weighted by molar-refractivity contribution is -0.137. The second kappa shape index (κ2) is 9.68. The predicted octanol–water partition coefficient (Wildman–Crippen LogP) is 0.776. The van der Waals surface area contributed by atoms with Crippen molar-refractivity contribution in [2.45, 2.75) is 19.8 Å². The van der Waals surface area contributed by atoms with Gasteiger partial charge in [0, 0.05) is 12.6 Å². The third-order valence-corrected chi connectivity index (χ3v) is 1.95. The number of nitrogens with two attached hydrogens (primary N) is 1. The van der Waals surface area contributed by atoms with E-state index in [1.807, 2.05) is 13.1 Å². The molecule has 0 spiro atoms. The van der Waals surface area contributed by atoms with E-state index in [9.17, 15) is 4.79 Å². The average Bonchev–Trinajstić information content (AvgIpc) is 2.18. The van der Waals surface area contributed by atoms with Crippen molar-refractivity contribution in [3.05, 3.63) is 12.2 Å². The molecule has 2 N–H and O–H groups in total. The van der Waals surface area contributed by atoms with Crippen LogP contribution in [0.2, 0.25) is 0 Å². The fourth-order valence-electron chi connectivity index (χ4n) is 1.14. The van der Waals surface area contributed by atoms with Crippen LogP contribution in [-0.4, -0.2) is 44.2 Å². The third kappa shape index (κ3) is 9.43. The van der Waals surface area contributed by atoms with Gasteiger partial charge in [-0.3, -0.25) is 0 Å². The number of likely N-dealkylation sites (N-methyl/N-ethyl adjacent to an activating group) is 1. The Labute approximate surface area is 92.1 Å². The Balaban J connectivity index is 3.51. The Bertz CT molecular complexity index is 193. The first-order valence-electron chi connectivity index (χ1n) is 5.42. The highest BCUT2D eigenvalue weighted by Gasteiger charge is 1.96. The van der Waals surface area contributed by atoms with Gasteiger partial charge in [0.2, 0.25) is 0 Å². The molecule has 0 atom stereocenters. The van der Waals surface area contributed by atoms with Crippen LogP contribution in [0.15, 0.2) is 12.2 Å². The van der Waals surface area contributed by atoms with Crippen molar-refractivity contribution >= 4 is 5.97 Å². The van der Waals surface area contributed by atoms with Crippen LogP contribution in [-0.2, 0) is 9.53 Å². The topological polar surface area (TPSA) is 55.6 Å². The monoisotopic (exact) mass is 214 g/mol. The molecule has 0 saturated carbocycles. The maximum absolute atomic E-state index is 10.9. The molecule has 0 aliphatic heterocycles. The van der Waals surface area contributed by atoms with Crippen molar-refractivity contribution in [3.63, 3.8) is 0 Å². The second-order valence-electron chi connectivity index (χ2n) is 3.41. The van der Waals surface area contributed by atoms with E-state index >= 15 is 0 Å². The van der Waals surface area contributed by atoms with Gasteiger partial charge in [0.1, 0.15) is 0 Å². The Morgan fingerprint density at radius 2 is 2.20 bits per heavy atom. The molecule has 0 heterocycles. The standard InChI is InChI=1S/C11H22N2O2/c1-3-15-11(14)7-6-10-13(2)9-5-4-8-12/h6-7H,3-5,8-10,12H2,1-2H3/b7-6+. The fraction of sp³-hybridized carbons (Fsp3) is 0.727. The largest absolute Gasteiger partial charge is 0.463 e. The van der Waals surface area contributed by atoms with Gasteiger partial charge in [-0.2, -0.15) is 0 Å². The summed E-state index contributed by atoms with van der Waals surface area (Å²) in [5.41, 5.74) is 5.39. The van der Waals surface area contributed by atoms with E-state index < -0.39 is 0 Å². The minimum absolute atomic E-state index is 0.271. The number of carbonyl (C=O) groups is 1.